The fourth-order valence-corrected chi connectivity index (χ4v) is 3.07. The predicted octanol–water partition coefficient (Wildman–Crippen LogP) is 4.22. The van der Waals surface area contributed by atoms with Gasteiger partial charge in [-0.05, 0) is 30.3 Å². The molecule has 172 valence electrons. The Kier molecular flexibility index (Phi) is 5.94. The largest absolute Gasteiger partial charge is 0.419 e. The van der Waals surface area contributed by atoms with Crippen molar-refractivity contribution in [2.75, 3.05) is 17.7 Å². The second kappa shape index (κ2) is 8.84. The van der Waals surface area contributed by atoms with Crippen LogP contribution in [0.15, 0.2) is 41.1 Å². The van der Waals surface area contributed by atoms with Crippen LogP contribution in [0.1, 0.15) is 17.3 Å². The molecule has 0 saturated carbocycles. The molecule has 2 N–H and O–H groups in total. The van der Waals surface area contributed by atoms with Crippen LogP contribution in [-0.2, 0) is 19.1 Å². The zero-order valence-electron chi connectivity index (χ0n) is 17.5. The number of hydrogen-bond donors (Lipinski definition) is 2. The number of halogens is 4. The minimum Gasteiger partial charge on any atom is -0.373 e. The standard InChI is InChI=1S/C20H18F4N8O/c1-11-27-16(31-33-11)6-8-32-18(12-5-7-26-17(9-12)25-2)29-19(30-32)28-13-3-4-15(21)14(10-13)20(22,23)24/h3-5,7,9-10H,6,8H2,1-2H3,(H,25,26)(H,28,30). The van der Waals surface area contributed by atoms with Crippen molar-refractivity contribution in [3.8, 4) is 11.4 Å². The number of nitrogens with zero attached hydrogens (tertiary/aromatic N) is 6. The summed E-state index contributed by atoms with van der Waals surface area (Å²) in [5.74, 6) is 0.613. The second-order valence-corrected chi connectivity index (χ2v) is 6.96. The molecular weight excluding hydrogens is 444 g/mol. The lowest BCUT2D eigenvalue weighted by molar-refractivity contribution is -0.139. The number of aryl methyl sites for hydroxylation is 3. The zero-order chi connectivity index (χ0) is 23.6. The summed E-state index contributed by atoms with van der Waals surface area (Å²) in [4.78, 5) is 12.7. The number of nitrogens with one attached hydrogen (secondary N) is 2. The van der Waals surface area contributed by atoms with E-state index in [0.717, 1.165) is 6.07 Å². The molecule has 0 bridgehead atoms. The molecule has 9 nitrogen and oxygen atoms in total. The smallest absolute Gasteiger partial charge is 0.373 e. The van der Waals surface area contributed by atoms with Gasteiger partial charge in [0.1, 0.15) is 11.6 Å². The molecule has 1 aromatic carbocycles. The van der Waals surface area contributed by atoms with Crippen LogP contribution < -0.4 is 10.6 Å². The first-order valence-corrected chi connectivity index (χ1v) is 9.75. The Balaban J connectivity index is 1.66. The predicted molar refractivity (Wildman–Crippen MR) is 110 cm³/mol. The van der Waals surface area contributed by atoms with Crippen LogP contribution in [0, 0.1) is 12.7 Å². The first-order valence-electron chi connectivity index (χ1n) is 9.75. The van der Waals surface area contributed by atoms with Gasteiger partial charge in [0.25, 0.3) is 0 Å². The molecule has 0 atom stereocenters. The molecular formula is C20H18F4N8O. The Bertz CT molecular complexity index is 1270. The zero-order valence-corrected chi connectivity index (χ0v) is 17.5. The third kappa shape index (κ3) is 5.07. The maximum atomic E-state index is 13.6. The van der Waals surface area contributed by atoms with Gasteiger partial charge >= 0.3 is 6.18 Å². The molecule has 3 heterocycles. The lowest BCUT2D eigenvalue weighted by atomic mass is 10.2. The lowest BCUT2D eigenvalue weighted by Gasteiger charge is -2.10. The van der Waals surface area contributed by atoms with Gasteiger partial charge in [0.05, 0.1) is 12.1 Å². The van der Waals surface area contributed by atoms with Crippen LogP contribution in [0.5, 0.6) is 0 Å². The van der Waals surface area contributed by atoms with E-state index in [1.807, 2.05) is 0 Å². The summed E-state index contributed by atoms with van der Waals surface area (Å²) in [6, 6.07) is 6.07. The summed E-state index contributed by atoms with van der Waals surface area (Å²) in [5.41, 5.74) is -0.714. The first kappa shape index (κ1) is 22.2. The van der Waals surface area contributed by atoms with Gasteiger partial charge in [0, 0.05) is 37.8 Å². The number of anilines is 3. The van der Waals surface area contributed by atoms with E-state index in [1.165, 1.54) is 6.07 Å². The number of hydrogen-bond acceptors (Lipinski definition) is 8. The van der Waals surface area contributed by atoms with Gasteiger partial charge in [0.2, 0.25) is 11.8 Å². The van der Waals surface area contributed by atoms with Gasteiger partial charge in [-0.3, -0.25) is 0 Å². The molecule has 4 aromatic rings. The summed E-state index contributed by atoms with van der Waals surface area (Å²) >= 11 is 0. The topological polar surface area (TPSA) is 107 Å². The van der Waals surface area contributed by atoms with Crippen molar-refractivity contribution in [2.24, 2.45) is 0 Å². The van der Waals surface area contributed by atoms with Crippen LogP contribution in [0.4, 0.5) is 35.0 Å². The lowest BCUT2D eigenvalue weighted by Crippen LogP contribution is -2.09. The van der Waals surface area contributed by atoms with Crippen LogP contribution >= 0.6 is 0 Å². The van der Waals surface area contributed by atoms with Gasteiger partial charge < -0.3 is 15.2 Å². The molecule has 0 saturated heterocycles. The molecule has 0 aliphatic rings. The Morgan fingerprint density at radius 2 is 1.94 bits per heavy atom. The minimum absolute atomic E-state index is 0.00754. The Morgan fingerprint density at radius 1 is 1.12 bits per heavy atom. The molecule has 4 rings (SSSR count). The summed E-state index contributed by atoms with van der Waals surface area (Å²) < 4.78 is 59.3. The Morgan fingerprint density at radius 3 is 2.64 bits per heavy atom. The summed E-state index contributed by atoms with van der Waals surface area (Å²) in [5, 5.41) is 13.9. The first-order chi connectivity index (χ1) is 15.7. The summed E-state index contributed by atoms with van der Waals surface area (Å²) in [6.45, 7) is 1.99. The highest BCUT2D eigenvalue weighted by Gasteiger charge is 2.34. The minimum atomic E-state index is -4.83. The monoisotopic (exact) mass is 462 g/mol. The highest BCUT2D eigenvalue weighted by molar-refractivity contribution is 5.63. The van der Waals surface area contributed by atoms with Crippen molar-refractivity contribution >= 4 is 17.5 Å². The van der Waals surface area contributed by atoms with E-state index in [2.05, 4.69) is 35.8 Å². The van der Waals surface area contributed by atoms with E-state index in [-0.39, 0.29) is 11.6 Å². The average Bonchev–Trinajstić information content (AvgIpc) is 3.38. The van der Waals surface area contributed by atoms with Gasteiger partial charge in [-0.25, -0.2) is 14.1 Å². The highest BCUT2D eigenvalue weighted by atomic mass is 19.4. The van der Waals surface area contributed by atoms with Crippen molar-refractivity contribution in [3.63, 3.8) is 0 Å². The molecule has 0 aliphatic carbocycles. The number of pyridine rings is 1. The van der Waals surface area contributed by atoms with E-state index in [0.29, 0.717) is 48.0 Å². The van der Waals surface area contributed by atoms with Crippen molar-refractivity contribution in [1.82, 2.24) is 29.9 Å². The van der Waals surface area contributed by atoms with E-state index in [9.17, 15) is 17.6 Å². The molecule has 33 heavy (non-hydrogen) atoms. The Hall–Kier alpha value is -4.03. The normalized spacial score (nSPS) is 11.6. The number of aromatic nitrogens is 6. The molecule has 0 radical (unpaired) electrons. The van der Waals surface area contributed by atoms with E-state index < -0.39 is 17.6 Å². The quantitative estimate of drug-likeness (QED) is 0.393. The fourth-order valence-electron chi connectivity index (χ4n) is 3.07. The van der Waals surface area contributed by atoms with E-state index >= 15 is 0 Å². The molecule has 3 aromatic heterocycles. The van der Waals surface area contributed by atoms with Crippen molar-refractivity contribution < 1.29 is 22.1 Å². The van der Waals surface area contributed by atoms with Crippen LogP contribution in [0.2, 0.25) is 0 Å². The van der Waals surface area contributed by atoms with Gasteiger partial charge in [0.15, 0.2) is 11.6 Å². The summed E-state index contributed by atoms with van der Waals surface area (Å²) in [7, 11) is 1.72. The fraction of sp³-hybridized carbons (Fsp3) is 0.250. The van der Waals surface area contributed by atoms with Crippen molar-refractivity contribution in [2.45, 2.75) is 26.1 Å². The Labute approximate surface area is 184 Å². The SMILES string of the molecule is CNc1cc(-c2nc(Nc3ccc(F)c(C(F)(F)F)c3)nn2CCc2noc(C)n2)ccn1. The third-order valence-corrected chi connectivity index (χ3v) is 4.59. The summed E-state index contributed by atoms with van der Waals surface area (Å²) in [6.07, 6.45) is -2.86. The average molecular weight is 462 g/mol. The highest BCUT2D eigenvalue weighted by Crippen LogP contribution is 2.33. The molecule has 13 heteroatoms. The van der Waals surface area contributed by atoms with E-state index in [4.69, 9.17) is 4.52 Å². The van der Waals surface area contributed by atoms with Crippen LogP contribution in [0.25, 0.3) is 11.4 Å². The second-order valence-electron chi connectivity index (χ2n) is 6.96. The molecule has 0 aliphatic heterocycles. The van der Waals surface area contributed by atoms with E-state index in [1.54, 1.807) is 37.0 Å². The van der Waals surface area contributed by atoms with Gasteiger partial charge in [-0.1, -0.05) is 5.16 Å². The third-order valence-electron chi connectivity index (χ3n) is 4.59. The maximum absolute atomic E-state index is 13.6. The van der Waals surface area contributed by atoms with Gasteiger partial charge in [-0.2, -0.15) is 23.1 Å². The number of rotatable bonds is 7. The number of alkyl halides is 3. The maximum Gasteiger partial charge on any atom is 0.419 e. The molecule has 0 amide bonds. The molecule has 0 spiro atoms. The van der Waals surface area contributed by atoms with Crippen LogP contribution in [0.3, 0.4) is 0 Å². The van der Waals surface area contributed by atoms with Crippen molar-refractivity contribution in [1.29, 1.82) is 0 Å². The van der Waals surface area contributed by atoms with Gasteiger partial charge in [-0.15, -0.1) is 5.10 Å². The van der Waals surface area contributed by atoms with Crippen LogP contribution in [-0.4, -0.2) is 36.9 Å². The number of benzene rings is 1. The molecule has 0 unspecified atom stereocenters. The molecule has 0 fully saturated rings. The van der Waals surface area contributed by atoms with Crippen molar-refractivity contribution in [3.05, 3.63) is 59.6 Å².